The van der Waals surface area contributed by atoms with E-state index in [0.29, 0.717) is 17.3 Å². The average Bonchev–Trinajstić information content (AvgIpc) is 3.33. The molecule has 0 saturated heterocycles. The molecule has 5 rings (SSSR count). The fraction of sp³-hybridized carbons (Fsp3) is 0.207. The van der Waals surface area contributed by atoms with Crippen LogP contribution in [0, 0.1) is 0 Å². The van der Waals surface area contributed by atoms with Crippen LogP contribution in [-0.2, 0) is 4.74 Å². The van der Waals surface area contributed by atoms with E-state index in [1.54, 1.807) is 20.3 Å². The SMILES string of the molecule is CC(C)(C)OC(=O)n1ncc2ccccc21.CN(C)C(=O)Nc1cccc(-c2nc(N)c3ccccc3n2)c1. The van der Waals surface area contributed by atoms with Crippen LogP contribution in [0.15, 0.2) is 79.0 Å². The minimum atomic E-state index is -0.510. The van der Waals surface area contributed by atoms with Crippen molar-refractivity contribution in [2.75, 3.05) is 25.1 Å². The minimum absolute atomic E-state index is 0.193. The van der Waals surface area contributed by atoms with Crippen molar-refractivity contribution in [2.45, 2.75) is 26.4 Å². The number of benzene rings is 3. The summed E-state index contributed by atoms with van der Waals surface area (Å²) in [4.78, 5) is 34.0. The molecule has 2 heterocycles. The highest BCUT2D eigenvalue weighted by atomic mass is 16.6. The predicted molar refractivity (Wildman–Crippen MR) is 153 cm³/mol. The van der Waals surface area contributed by atoms with Gasteiger partial charge in [0, 0.05) is 36.1 Å². The molecule has 0 saturated carbocycles. The third-order valence-corrected chi connectivity index (χ3v) is 5.45. The minimum Gasteiger partial charge on any atom is -0.442 e. The van der Waals surface area contributed by atoms with Gasteiger partial charge in [0.15, 0.2) is 5.82 Å². The fourth-order valence-corrected chi connectivity index (χ4v) is 3.62. The number of fused-ring (bicyclic) bond motifs is 2. The van der Waals surface area contributed by atoms with Gasteiger partial charge in [-0.1, -0.05) is 42.5 Å². The van der Waals surface area contributed by atoms with Gasteiger partial charge in [-0.05, 0) is 51.1 Å². The molecule has 10 nitrogen and oxygen atoms in total. The third kappa shape index (κ3) is 6.67. The number of amides is 2. The summed E-state index contributed by atoms with van der Waals surface area (Å²) in [5, 5.41) is 8.58. The number of aromatic nitrogens is 4. The van der Waals surface area contributed by atoms with E-state index in [1.165, 1.54) is 9.58 Å². The van der Waals surface area contributed by atoms with E-state index in [4.69, 9.17) is 10.5 Å². The van der Waals surface area contributed by atoms with E-state index in [2.05, 4.69) is 20.4 Å². The molecule has 0 atom stereocenters. The lowest BCUT2D eigenvalue weighted by molar-refractivity contribution is 0.0522. The first-order chi connectivity index (χ1) is 18.5. The Morgan fingerprint density at radius 2 is 1.67 bits per heavy atom. The number of nitrogens with zero attached hydrogens (tertiary/aromatic N) is 5. The normalized spacial score (nSPS) is 11.0. The molecule has 3 N–H and O–H groups in total. The summed E-state index contributed by atoms with van der Waals surface area (Å²) >= 11 is 0. The van der Waals surface area contributed by atoms with E-state index in [1.807, 2.05) is 93.6 Å². The molecule has 39 heavy (non-hydrogen) atoms. The number of nitrogens with one attached hydrogen (secondary N) is 1. The van der Waals surface area contributed by atoms with Gasteiger partial charge in [0.25, 0.3) is 0 Å². The molecule has 10 heteroatoms. The molecular formula is C29H31N7O3. The maximum Gasteiger partial charge on any atom is 0.435 e. The number of hydrogen-bond acceptors (Lipinski definition) is 7. The first-order valence-corrected chi connectivity index (χ1v) is 12.3. The Labute approximate surface area is 226 Å². The van der Waals surface area contributed by atoms with E-state index in [0.717, 1.165) is 27.4 Å². The van der Waals surface area contributed by atoms with Gasteiger partial charge in [-0.15, -0.1) is 0 Å². The van der Waals surface area contributed by atoms with Crippen molar-refractivity contribution < 1.29 is 14.3 Å². The van der Waals surface area contributed by atoms with Crippen LogP contribution >= 0.6 is 0 Å². The largest absolute Gasteiger partial charge is 0.442 e. The number of nitrogens with two attached hydrogens (primary N) is 1. The van der Waals surface area contributed by atoms with Crippen molar-refractivity contribution >= 4 is 45.4 Å². The smallest absolute Gasteiger partial charge is 0.435 e. The summed E-state index contributed by atoms with van der Waals surface area (Å²) in [6, 6.07) is 22.3. The lowest BCUT2D eigenvalue weighted by Crippen LogP contribution is -2.27. The van der Waals surface area contributed by atoms with Crippen molar-refractivity contribution in [3.05, 3.63) is 79.0 Å². The molecule has 2 aromatic heterocycles. The molecule has 0 aliphatic heterocycles. The number of carbonyl (C=O) groups excluding carboxylic acids is 2. The quantitative estimate of drug-likeness (QED) is 0.298. The molecule has 3 aromatic carbocycles. The Balaban J connectivity index is 0.000000193. The Hall–Kier alpha value is -4.99. The van der Waals surface area contributed by atoms with Crippen LogP contribution in [0.3, 0.4) is 0 Å². The van der Waals surface area contributed by atoms with Crippen molar-refractivity contribution in [1.82, 2.24) is 24.6 Å². The molecule has 0 aliphatic carbocycles. The number of urea groups is 1. The molecule has 0 spiro atoms. The Kier molecular flexibility index (Phi) is 7.75. The van der Waals surface area contributed by atoms with Gasteiger partial charge >= 0.3 is 12.1 Å². The topological polar surface area (TPSA) is 128 Å². The second kappa shape index (κ2) is 11.2. The van der Waals surface area contributed by atoms with Crippen molar-refractivity contribution in [1.29, 1.82) is 0 Å². The zero-order valence-corrected chi connectivity index (χ0v) is 22.5. The van der Waals surface area contributed by atoms with Gasteiger partial charge in [0.05, 0.1) is 17.2 Å². The second-order valence-corrected chi connectivity index (χ2v) is 9.95. The van der Waals surface area contributed by atoms with Gasteiger partial charge in [0.1, 0.15) is 11.4 Å². The lowest BCUT2D eigenvalue weighted by atomic mass is 10.1. The van der Waals surface area contributed by atoms with Crippen LogP contribution in [0.1, 0.15) is 20.8 Å². The number of anilines is 2. The van der Waals surface area contributed by atoms with Crippen molar-refractivity contribution in [3.63, 3.8) is 0 Å². The average molecular weight is 526 g/mol. The molecule has 0 fully saturated rings. The van der Waals surface area contributed by atoms with E-state index < -0.39 is 11.7 Å². The fourth-order valence-electron chi connectivity index (χ4n) is 3.62. The number of carbonyl (C=O) groups is 2. The van der Waals surface area contributed by atoms with Crippen molar-refractivity contribution in [3.8, 4) is 11.4 Å². The maximum absolute atomic E-state index is 11.8. The molecular weight excluding hydrogens is 494 g/mol. The highest BCUT2D eigenvalue weighted by Crippen LogP contribution is 2.25. The first-order valence-electron chi connectivity index (χ1n) is 12.3. The molecule has 200 valence electrons. The van der Waals surface area contributed by atoms with Gasteiger partial charge in [-0.3, -0.25) is 0 Å². The number of rotatable bonds is 2. The summed E-state index contributed by atoms with van der Waals surface area (Å²) in [6.45, 7) is 5.49. The molecule has 0 aliphatic rings. The molecule has 0 unspecified atom stereocenters. The summed E-state index contributed by atoms with van der Waals surface area (Å²) < 4.78 is 6.53. The Morgan fingerprint density at radius 1 is 0.949 bits per heavy atom. The molecule has 5 aromatic rings. The predicted octanol–water partition coefficient (Wildman–Crippen LogP) is 5.79. The zero-order chi connectivity index (χ0) is 28.2. The second-order valence-electron chi connectivity index (χ2n) is 9.95. The molecule has 0 bridgehead atoms. The molecule has 0 radical (unpaired) electrons. The van der Waals surface area contributed by atoms with Gasteiger partial charge in [0.2, 0.25) is 0 Å². The van der Waals surface area contributed by atoms with Crippen LogP contribution in [0.4, 0.5) is 21.1 Å². The van der Waals surface area contributed by atoms with Gasteiger partial charge < -0.3 is 20.7 Å². The monoisotopic (exact) mass is 525 g/mol. The van der Waals surface area contributed by atoms with Crippen LogP contribution in [0.5, 0.6) is 0 Å². The van der Waals surface area contributed by atoms with Gasteiger partial charge in [-0.25, -0.2) is 19.6 Å². The van der Waals surface area contributed by atoms with Crippen LogP contribution in [-0.4, -0.2) is 56.5 Å². The van der Waals surface area contributed by atoms with Crippen molar-refractivity contribution in [2.24, 2.45) is 0 Å². The lowest BCUT2D eigenvalue weighted by Gasteiger charge is -2.19. The first kappa shape index (κ1) is 27.1. The van der Waals surface area contributed by atoms with Crippen LogP contribution in [0.2, 0.25) is 0 Å². The maximum atomic E-state index is 11.8. The van der Waals surface area contributed by atoms with Gasteiger partial charge in [-0.2, -0.15) is 9.78 Å². The Bertz CT molecular complexity index is 1640. The summed E-state index contributed by atoms with van der Waals surface area (Å²) in [6.07, 6.45) is 1.20. The number of ether oxygens (including phenoxy) is 1. The number of para-hydroxylation sites is 2. The number of hydrogen-bond donors (Lipinski definition) is 2. The molecule has 2 amide bonds. The van der Waals surface area contributed by atoms with E-state index in [-0.39, 0.29) is 6.03 Å². The summed E-state index contributed by atoms with van der Waals surface area (Å²) in [7, 11) is 3.37. The summed E-state index contributed by atoms with van der Waals surface area (Å²) in [5.41, 5.74) is 8.53. The van der Waals surface area contributed by atoms with E-state index in [9.17, 15) is 9.59 Å². The van der Waals surface area contributed by atoms with E-state index >= 15 is 0 Å². The highest BCUT2D eigenvalue weighted by molar-refractivity contribution is 5.91. The Morgan fingerprint density at radius 3 is 2.41 bits per heavy atom. The summed E-state index contributed by atoms with van der Waals surface area (Å²) in [5.74, 6) is 0.968. The standard InChI is InChI=1S/C17H17N5O.C12H14N2O2/c1-22(2)17(23)19-12-7-5-6-11(10-12)16-20-14-9-4-3-8-13(14)15(18)21-16;1-12(2,3)16-11(15)14-10-7-5-4-6-9(10)8-13-14/h3-10H,1-2H3,(H,19,23)(H2,18,20,21);4-8H,1-3H3. The number of nitrogen functional groups attached to an aromatic ring is 1. The van der Waals surface area contributed by atoms with Crippen LogP contribution in [0.25, 0.3) is 33.2 Å². The van der Waals surface area contributed by atoms with Crippen LogP contribution < -0.4 is 11.1 Å². The third-order valence-electron chi connectivity index (χ3n) is 5.45. The highest BCUT2D eigenvalue weighted by Gasteiger charge is 2.19. The zero-order valence-electron chi connectivity index (χ0n) is 22.5.